The minimum atomic E-state index is -0.471. The van der Waals surface area contributed by atoms with Crippen molar-refractivity contribution >= 4 is 17.4 Å². The van der Waals surface area contributed by atoms with Gasteiger partial charge in [0.2, 0.25) is 0 Å². The van der Waals surface area contributed by atoms with Crippen LogP contribution in [-0.2, 0) is 11.3 Å². The fourth-order valence-corrected chi connectivity index (χ4v) is 3.04. The molecular weight excluding hydrogens is 314 g/mol. The standard InChI is InChI=1S/C21H23NO3/c1-14(2)11-12-25-18-10-5-4-8-16(18)13-22-19-15(3)7-6-9-17(19)20(23)21(22)24/h4-10,14H,11-13H2,1-3H3. The van der Waals surface area contributed by atoms with Crippen LogP contribution >= 0.6 is 0 Å². The molecule has 1 aliphatic heterocycles. The van der Waals surface area contributed by atoms with Crippen LogP contribution in [0, 0.1) is 12.8 Å². The molecule has 4 nitrogen and oxygen atoms in total. The molecule has 25 heavy (non-hydrogen) atoms. The van der Waals surface area contributed by atoms with Gasteiger partial charge in [0.25, 0.3) is 11.7 Å². The molecule has 2 aromatic rings. The van der Waals surface area contributed by atoms with Gasteiger partial charge in [-0.1, -0.05) is 44.2 Å². The predicted octanol–water partition coefficient (Wildman–Crippen LogP) is 4.15. The molecule has 0 saturated heterocycles. The van der Waals surface area contributed by atoms with Crippen LogP contribution in [0.1, 0.15) is 41.8 Å². The van der Waals surface area contributed by atoms with Gasteiger partial charge < -0.3 is 4.74 Å². The largest absolute Gasteiger partial charge is 0.493 e. The lowest BCUT2D eigenvalue weighted by molar-refractivity contribution is -0.114. The number of carbonyl (C=O) groups is 2. The van der Waals surface area contributed by atoms with Gasteiger partial charge in [0, 0.05) is 5.56 Å². The van der Waals surface area contributed by atoms with Crippen molar-refractivity contribution in [1.29, 1.82) is 0 Å². The third kappa shape index (κ3) is 3.43. The quantitative estimate of drug-likeness (QED) is 0.744. The lowest BCUT2D eigenvalue weighted by Gasteiger charge is -2.20. The molecule has 1 amide bonds. The lowest BCUT2D eigenvalue weighted by atomic mass is 10.1. The Hall–Kier alpha value is -2.62. The Labute approximate surface area is 148 Å². The summed E-state index contributed by atoms with van der Waals surface area (Å²) in [4.78, 5) is 26.3. The van der Waals surface area contributed by atoms with Gasteiger partial charge in [-0.2, -0.15) is 0 Å². The summed E-state index contributed by atoms with van der Waals surface area (Å²) in [6, 6.07) is 13.1. The number of hydrogen-bond acceptors (Lipinski definition) is 3. The number of aryl methyl sites for hydroxylation is 1. The molecule has 130 valence electrons. The zero-order valence-electron chi connectivity index (χ0n) is 14.9. The zero-order valence-corrected chi connectivity index (χ0v) is 14.9. The third-order valence-electron chi connectivity index (χ3n) is 4.45. The Morgan fingerprint density at radius 3 is 2.56 bits per heavy atom. The first kappa shape index (κ1) is 17.2. The van der Waals surface area contributed by atoms with E-state index < -0.39 is 11.7 Å². The first-order chi connectivity index (χ1) is 12.0. The van der Waals surface area contributed by atoms with E-state index in [1.54, 1.807) is 11.0 Å². The molecule has 3 rings (SSSR count). The topological polar surface area (TPSA) is 46.6 Å². The minimum absolute atomic E-state index is 0.334. The fraction of sp³-hybridized carbons (Fsp3) is 0.333. The van der Waals surface area contributed by atoms with E-state index in [9.17, 15) is 9.59 Å². The Morgan fingerprint density at radius 2 is 1.80 bits per heavy atom. The summed E-state index contributed by atoms with van der Waals surface area (Å²) in [5, 5.41) is 0. The third-order valence-corrected chi connectivity index (χ3v) is 4.45. The molecule has 0 N–H and O–H groups in total. The van der Waals surface area contributed by atoms with Crippen molar-refractivity contribution in [2.24, 2.45) is 5.92 Å². The molecule has 0 atom stereocenters. The van der Waals surface area contributed by atoms with Crippen LogP contribution in [-0.4, -0.2) is 18.3 Å². The molecule has 0 aliphatic carbocycles. The van der Waals surface area contributed by atoms with Crippen molar-refractivity contribution in [2.75, 3.05) is 11.5 Å². The van der Waals surface area contributed by atoms with Gasteiger partial charge in [0.15, 0.2) is 0 Å². The highest BCUT2D eigenvalue weighted by Gasteiger charge is 2.36. The van der Waals surface area contributed by atoms with E-state index >= 15 is 0 Å². The molecule has 2 aromatic carbocycles. The van der Waals surface area contributed by atoms with Crippen molar-refractivity contribution in [3.63, 3.8) is 0 Å². The highest BCUT2D eigenvalue weighted by Crippen LogP contribution is 2.34. The number of nitrogens with zero attached hydrogens (tertiary/aromatic N) is 1. The van der Waals surface area contributed by atoms with Gasteiger partial charge in [-0.25, -0.2) is 0 Å². The molecule has 4 heteroatoms. The number of rotatable bonds is 6. The Kier molecular flexibility index (Phi) is 4.88. The number of carbonyl (C=O) groups excluding carboxylic acids is 2. The maximum atomic E-state index is 12.5. The number of hydrogen-bond donors (Lipinski definition) is 0. The molecule has 0 spiro atoms. The maximum Gasteiger partial charge on any atom is 0.299 e. The first-order valence-corrected chi connectivity index (χ1v) is 8.65. The molecule has 0 unspecified atom stereocenters. The summed E-state index contributed by atoms with van der Waals surface area (Å²) in [5.41, 5.74) is 3.04. The molecule has 0 fully saturated rings. The number of fused-ring (bicyclic) bond motifs is 1. The highest BCUT2D eigenvalue weighted by atomic mass is 16.5. The zero-order chi connectivity index (χ0) is 18.0. The van der Waals surface area contributed by atoms with Crippen LogP contribution in [0.2, 0.25) is 0 Å². The minimum Gasteiger partial charge on any atom is -0.493 e. The number of benzene rings is 2. The Balaban J connectivity index is 1.86. The highest BCUT2D eigenvalue weighted by molar-refractivity contribution is 6.52. The second-order valence-corrected chi connectivity index (χ2v) is 6.83. The molecule has 0 aromatic heterocycles. The average molecular weight is 337 g/mol. The summed E-state index contributed by atoms with van der Waals surface area (Å²) in [7, 11) is 0. The summed E-state index contributed by atoms with van der Waals surface area (Å²) in [6.45, 7) is 7.20. The van der Waals surface area contributed by atoms with Gasteiger partial charge in [-0.15, -0.1) is 0 Å². The van der Waals surface area contributed by atoms with Gasteiger partial charge in [0.1, 0.15) is 5.75 Å². The molecule has 1 heterocycles. The van der Waals surface area contributed by atoms with Gasteiger partial charge >= 0.3 is 0 Å². The molecule has 0 radical (unpaired) electrons. The van der Waals surface area contributed by atoms with Crippen LogP contribution in [0.15, 0.2) is 42.5 Å². The van der Waals surface area contributed by atoms with Crippen LogP contribution in [0.3, 0.4) is 0 Å². The van der Waals surface area contributed by atoms with Crippen molar-refractivity contribution in [1.82, 2.24) is 0 Å². The van der Waals surface area contributed by atoms with Crippen LogP contribution in [0.4, 0.5) is 5.69 Å². The van der Waals surface area contributed by atoms with E-state index in [0.29, 0.717) is 24.6 Å². The SMILES string of the molecule is Cc1cccc2c1N(Cc1ccccc1OCCC(C)C)C(=O)C2=O. The van der Waals surface area contributed by atoms with E-state index in [-0.39, 0.29) is 0 Å². The smallest absolute Gasteiger partial charge is 0.299 e. The normalized spacial score (nSPS) is 13.5. The van der Waals surface area contributed by atoms with Crippen LogP contribution in [0.25, 0.3) is 0 Å². The predicted molar refractivity (Wildman–Crippen MR) is 98.1 cm³/mol. The molecule has 0 bridgehead atoms. The van der Waals surface area contributed by atoms with Crippen molar-refractivity contribution in [3.05, 3.63) is 59.2 Å². The molecule has 1 aliphatic rings. The summed E-state index contributed by atoms with van der Waals surface area (Å²) >= 11 is 0. The van der Waals surface area contributed by atoms with E-state index in [1.807, 2.05) is 43.3 Å². The number of para-hydroxylation sites is 2. The van der Waals surface area contributed by atoms with Gasteiger partial charge in [-0.05, 0) is 37.0 Å². The second-order valence-electron chi connectivity index (χ2n) is 6.83. The fourth-order valence-electron chi connectivity index (χ4n) is 3.04. The number of ketones is 1. The second kappa shape index (κ2) is 7.09. The van der Waals surface area contributed by atoms with Crippen LogP contribution in [0.5, 0.6) is 5.75 Å². The molecule has 0 saturated carbocycles. The first-order valence-electron chi connectivity index (χ1n) is 8.65. The summed E-state index contributed by atoms with van der Waals surface area (Å²) in [5.74, 6) is 0.433. The lowest BCUT2D eigenvalue weighted by Crippen LogP contribution is -2.29. The summed E-state index contributed by atoms with van der Waals surface area (Å²) in [6.07, 6.45) is 0.970. The maximum absolute atomic E-state index is 12.5. The Morgan fingerprint density at radius 1 is 1.04 bits per heavy atom. The number of Topliss-reactive ketones (excluding diaryl/α,β-unsaturated/α-hetero) is 1. The monoisotopic (exact) mass is 337 g/mol. The summed E-state index contributed by atoms with van der Waals surface area (Å²) < 4.78 is 5.92. The van der Waals surface area contributed by atoms with Crippen LogP contribution < -0.4 is 9.64 Å². The van der Waals surface area contributed by atoms with E-state index in [1.165, 1.54) is 0 Å². The number of ether oxygens (including phenoxy) is 1. The van der Waals surface area contributed by atoms with Gasteiger partial charge in [-0.3, -0.25) is 14.5 Å². The van der Waals surface area contributed by atoms with Crippen molar-refractivity contribution in [3.8, 4) is 5.75 Å². The molecular formula is C21H23NO3. The van der Waals surface area contributed by atoms with E-state index in [0.717, 1.165) is 29.0 Å². The number of amides is 1. The van der Waals surface area contributed by atoms with E-state index in [2.05, 4.69) is 13.8 Å². The Bertz CT molecular complexity index is 811. The average Bonchev–Trinajstić information content (AvgIpc) is 2.82. The van der Waals surface area contributed by atoms with Gasteiger partial charge in [0.05, 0.1) is 24.4 Å². The van der Waals surface area contributed by atoms with Crippen molar-refractivity contribution in [2.45, 2.75) is 33.7 Å². The van der Waals surface area contributed by atoms with Crippen molar-refractivity contribution < 1.29 is 14.3 Å². The van der Waals surface area contributed by atoms with E-state index in [4.69, 9.17) is 4.74 Å². The number of anilines is 1.